The highest BCUT2D eigenvalue weighted by Crippen LogP contribution is 2.14. The molecule has 178 valence electrons. The summed E-state index contributed by atoms with van der Waals surface area (Å²) in [7, 11) is 5.64. The van der Waals surface area contributed by atoms with E-state index in [0.29, 0.717) is 12.6 Å². The van der Waals surface area contributed by atoms with E-state index in [1.165, 1.54) is 44.5 Å². The first kappa shape index (κ1) is 27.9. The third-order valence-corrected chi connectivity index (χ3v) is 5.47. The summed E-state index contributed by atoms with van der Waals surface area (Å²) in [5, 5.41) is 7.02. The van der Waals surface area contributed by atoms with Crippen LogP contribution in [0.1, 0.15) is 31.7 Å². The van der Waals surface area contributed by atoms with Gasteiger partial charge in [0, 0.05) is 52.9 Å². The summed E-state index contributed by atoms with van der Waals surface area (Å²) in [6, 6.07) is 8.75. The van der Waals surface area contributed by atoms with E-state index in [2.05, 4.69) is 51.5 Å². The maximum atomic E-state index is 5.92. The van der Waals surface area contributed by atoms with Crippen molar-refractivity contribution in [3.63, 3.8) is 0 Å². The van der Waals surface area contributed by atoms with Crippen LogP contribution in [0, 0.1) is 0 Å². The molecular formula is C23H42IN5O2. The third-order valence-electron chi connectivity index (χ3n) is 5.47. The van der Waals surface area contributed by atoms with Gasteiger partial charge in [0.2, 0.25) is 0 Å². The smallest absolute Gasteiger partial charge is 0.191 e. The molecule has 0 spiro atoms. The number of piperidine rings is 1. The average molecular weight is 548 g/mol. The minimum atomic E-state index is 0. The zero-order chi connectivity index (χ0) is 21.6. The number of nitrogens with zero attached hydrogens (tertiary/aromatic N) is 3. The molecule has 7 nitrogen and oxygen atoms in total. The monoisotopic (exact) mass is 547 g/mol. The number of aliphatic imine (C=N–C) groups is 1. The lowest BCUT2D eigenvalue weighted by Crippen LogP contribution is -2.48. The van der Waals surface area contributed by atoms with Gasteiger partial charge in [-0.2, -0.15) is 0 Å². The minimum absolute atomic E-state index is 0. The Hall–Kier alpha value is -1.10. The first-order chi connectivity index (χ1) is 14.6. The van der Waals surface area contributed by atoms with Crippen molar-refractivity contribution < 1.29 is 9.47 Å². The van der Waals surface area contributed by atoms with Gasteiger partial charge in [-0.15, -0.1) is 24.0 Å². The molecule has 1 saturated heterocycles. The first-order valence-electron chi connectivity index (χ1n) is 11.2. The summed E-state index contributed by atoms with van der Waals surface area (Å²) in [5.41, 5.74) is 1.18. The summed E-state index contributed by atoms with van der Waals surface area (Å²) in [6.07, 6.45) is 3.57. The topological polar surface area (TPSA) is 61.4 Å². The van der Waals surface area contributed by atoms with Crippen molar-refractivity contribution in [3.8, 4) is 5.75 Å². The minimum Gasteiger partial charge on any atom is -0.492 e. The van der Waals surface area contributed by atoms with Crippen molar-refractivity contribution in [1.29, 1.82) is 0 Å². The Balaban J connectivity index is 0.00000480. The van der Waals surface area contributed by atoms with E-state index in [-0.39, 0.29) is 24.0 Å². The van der Waals surface area contributed by atoms with Crippen LogP contribution in [0.2, 0.25) is 0 Å². The molecule has 1 heterocycles. The Morgan fingerprint density at radius 1 is 1.23 bits per heavy atom. The number of guanidine groups is 1. The molecule has 0 atom stereocenters. The van der Waals surface area contributed by atoms with Gasteiger partial charge in [-0.05, 0) is 50.6 Å². The molecule has 1 aromatic rings. The van der Waals surface area contributed by atoms with E-state index in [0.717, 1.165) is 38.0 Å². The molecule has 8 heteroatoms. The molecule has 0 aromatic heterocycles. The summed E-state index contributed by atoms with van der Waals surface area (Å²) in [5.74, 6) is 1.77. The summed E-state index contributed by atoms with van der Waals surface area (Å²) in [4.78, 5) is 9.16. The van der Waals surface area contributed by atoms with Crippen LogP contribution < -0.4 is 15.4 Å². The van der Waals surface area contributed by atoms with Crippen LogP contribution in [-0.2, 0) is 11.3 Å². The molecule has 2 rings (SSSR count). The average Bonchev–Trinajstić information content (AvgIpc) is 2.77. The largest absolute Gasteiger partial charge is 0.492 e. The maximum Gasteiger partial charge on any atom is 0.191 e. The normalized spacial score (nSPS) is 15.6. The van der Waals surface area contributed by atoms with Crippen molar-refractivity contribution in [2.24, 2.45) is 4.99 Å². The van der Waals surface area contributed by atoms with Gasteiger partial charge >= 0.3 is 0 Å². The first-order valence-corrected chi connectivity index (χ1v) is 11.2. The van der Waals surface area contributed by atoms with Gasteiger partial charge in [-0.25, -0.2) is 0 Å². The molecule has 1 aliphatic heterocycles. The molecule has 0 bridgehead atoms. The fourth-order valence-corrected chi connectivity index (χ4v) is 3.61. The van der Waals surface area contributed by atoms with Crippen molar-refractivity contribution >= 4 is 29.9 Å². The van der Waals surface area contributed by atoms with Gasteiger partial charge in [0.25, 0.3) is 0 Å². The van der Waals surface area contributed by atoms with Gasteiger partial charge in [0.1, 0.15) is 12.4 Å². The molecule has 31 heavy (non-hydrogen) atoms. The number of rotatable bonds is 12. The Morgan fingerprint density at radius 3 is 2.65 bits per heavy atom. The van der Waals surface area contributed by atoms with Gasteiger partial charge in [-0.1, -0.05) is 19.1 Å². The van der Waals surface area contributed by atoms with Gasteiger partial charge in [-0.3, -0.25) is 4.99 Å². The predicted molar refractivity (Wildman–Crippen MR) is 140 cm³/mol. The standard InChI is InChI=1S/C23H41N5O2.HI/c1-5-11-28-12-9-21(10-13-28)26-23(24-2)25-19-20-7-6-8-22(18-20)30-17-15-27(3)14-16-29-4;/h6-8,18,21H,5,9-17,19H2,1-4H3,(H2,24,25,26);1H. The highest BCUT2D eigenvalue weighted by Gasteiger charge is 2.19. The van der Waals surface area contributed by atoms with Crippen molar-refractivity contribution in [2.75, 3.05) is 67.1 Å². The highest BCUT2D eigenvalue weighted by molar-refractivity contribution is 14.0. The zero-order valence-corrected chi connectivity index (χ0v) is 22.1. The van der Waals surface area contributed by atoms with E-state index in [1.807, 2.05) is 19.2 Å². The number of benzene rings is 1. The molecule has 0 aliphatic carbocycles. The van der Waals surface area contributed by atoms with E-state index >= 15 is 0 Å². The predicted octanol–water partition coefficient (Wildman–Crippen LogP) is 2.80. The third kappa shape index (κ3) is 11.4. The fourth-order valence-electron chi connectivity index (χ4n) is 3.61. The molecule has 1 fully saturated rings. The Labute approximate surface area is 206 Å². The number of hydrogen-bond donors (Lipinski definition) is 2. The van der Waals surface area contributed by atoms with Crippen molar-refractivity contribution in [2.45, 2.75) is 38.8 Å². The number of likely N-dealkylation sites (N-methyl/N-ethyl adjacent to an activating group) is 1. The van der Waals surface area contributed by atoms with E-state index in [4.69, 9.17) is 9.47 Å². The number of ether oxygens (including phenoxy) is 2. The van der Waals surface area contributed by atoms with Gasteiger partial charge in [0.15, 0.2) is 5.96 Å². The molecule has 0 unspecified atom stereocenters. The number of nitrogens with one attached hydrogen (secondary N) is 2. The number of likely N-dealkylation sites (tertiary alicyclic amines) is 1. The quantitative estimate of drug-likeness (QED) is 0.239. The summed E-state index contributed by atoms with van der Waals surface area (Å²) < 4.78 is 11.0. The van der Waals surface area contributed by atoms with Crippen LogP contribution in [0.15, 0.2) is 29.3 Å². The number of halogens is 1. The second-order valence-electron chi connectivity index (χ2n) is 7.98. The van der Waals surface area contributed by atoms with Crippen LogP contribution in [0.3, 0.4) is 0 Å². The van der Waals surface area contributed by atoms with Crippen LogP contribution >= 0.6 is 24.0 Å². The lowest BCUT2D eigenvalue weighted by Gasteiger charge is -2.32. The fraction of sp³-hybridized carbons (Fsp3) is 0.696. The van der Waals surface area contributed by atoms with E-state index < -0.39 is 0 Å². The molecule has 0 amide bonds. The number of hydrogen-bond acceptors (Lipinski definition) is 5. The van der Waals surface area contributed by atoms with Gasteiger partial charge in [0.05, 0.1) is 6.61 Å². The Morgan fingerprint density at radius 2 is 1.97 bits per heavy atom. The van der Waals surface area contributed by atoms with E-state index in [9.17, 15) is 0 Å². The molecule has 0 saturated carbocycles. The van der Waals surface area contributed by atoms with Crippen LogP contribution in [0.5, 0.6) is 5.75 Å². The SMILES string of the molecule is CCCN1CCC(NC(=NC)NCc2cccc(OCCN(C)CCOC)c2)CC1.I. The van der Waals surface area contributed by atoms with Crippen LogP contribution in [0.25, 0.3) is 0 Å². The van der Waals surface area contributed by atoms with Crippen LogP contribution in [0.4, 0.5) is 0 Å². The molecule has 2 N–H and O–H groups in total. The Bertz CT molecular complexity index is 624. The van der Waals surface area contributed by atoms with Gasteiger partial charge < -0.3 is 29.9 Å². The zero-order valence-electron chi connectivity index (χ0n) is 19.7. The lowest BCUT2D eigenvalue weighted by atomic mass is 10.1. The van der Waals surface area contributed by atoms with Crippen molar-refractivity contribution in [3.05, 3.63) is 29.8 Å². The number of methoxy groups -OCH3 is 1. The van der Waals surface area contributed by atoms with E-state index in [1.54, 1.807) is 7.11 Å². The lowest BCUT2D eigenvalue weighted by molar-refractivity contribution is 0.150. The van der Waals surface area contributed by atoms with Crippen molar-refractivity contribution in [1.82, 2.24) is 20.4 Å². The second kappa shape index (κ2) is 16.5. The summed E-state index contributed by atoms with van der Waals surface area (Å²) >= 11 is 0. The molecular weight excluding hydrogens is 505 g/mol. The highest BCUT2D eigenvalue weighted by atomic mass is 127. The second-order valence-corrected chi connectivity index (χ2v) is 7.98. The molecule has 1 aliphatic rings. The molecule has 1 aromatic carbocycles. The summed E-state index contributed by atoms with van der Waals surface area (Å²) in [6.45, 7) is 9.71. The van der Waals surface area contributed by atoms with Crippen LogP contribution in [-0.4, -0.2) is 88.9 Å². The molecule has 0 radical (unpaired) electrons. The Kier molecular flexibility index (Phi) is 14.9. The maximum absolute atomic E-state index is 5.92.